The third-order valence-corrected chi connectivity index (χ3v) is 4.82. The molecule has 2 heterocycles. The summed E-state index contributed by atoms with van der Waals surface area (Å²) in [5.41, 5.74) is 9.59. The topological polar surface area (TPSA) is 64.7 Å². The molecule has 0 fully saturated rings. The van der Waals surface area contributed by atoms with Crippen LogP contribution in [-0.4, -0.2) is 15.0 Å². The maximum absolute atomic E-state index is 5.91. The monoisotopic (exact) mass is 320 g/mol. The number of nitrogen functional groups attached to an aromatic ring is 1. The van der Waals surface area contributed by atoms with Gasteiger partial charge in [-0.15, -0.1) is 0 Å². The first-order valence-electron chi connectivity index (χ1n) is 7.06. The SMILES string of the molecule is CC(Sc1nc(N)cc(Cl)n1)c1cc2c(cn1)CCCC2. The molecule has 110 valence electrons. The molecule has 4 nitrogen and oxygen atoms in total. The first-order chi connectivity index (χ1) is 10.1. The predicted octanol–water partition coefficient (Wildman–Crippen LogP) is 3.84. The molecule has 2 N–H and O–H groups in total. The van der Waals surface area contributed by atoms with Gasteiger partial charge in [-0.25, -0.2) is 9.97 Å². The molecule has 0 saturated carbocycles. The molecule has 0 saturated heterocycles. The van der Waals surface area contributed by atoms with Gasteiger partial charge in [-0.05, 0) is 49.8 Å². The van der Waals surface area contributed by atoms with E-state index >= 15 is 0 Å². The Balaban J connectivity index is 1.80. The van der Waals surface area contributed by atoms with Gasteiger partial charge in [0, 0.05) is 12.3 Å². The van der Waals surface area contributed by atoms with E-state index in [9.17, 15) is 0 Å². The predicted molar refractivity (Wildman–Crippen MR) is 86.6 cm³/mol. The van der Waals surface area contributed by atoms with Crippen molar-refractivity contribution in [1.29, 1.82) is 0 Å². The number of fused-ring (bicyclic) bond motifs is 1. The van der Waals surface area contributed by atoms with Gasteiger partial charge in [0.1, 0.15) is 11.0 Å². The molecule has 1 unspecified atom stereocenters. The number of halogens is 1. The molecule has 2 aromatic heterocycles. The van der Waals surface area contributed by atoms with Gasteiger partial charge >= 0.3 is 0 Å². The van der Waals surface area contributed by atoms with Gasteiger partial charge in [-0.2, -0.15) is 0 Å². The molecule has 0 spiro atoms. The van der Waals surface area contributed by atoms with Crippen LogP contribution in [0.1, 0.15) is 41.8 Å². The van der Waals surface area contributed by atoms with Gasteiger partial charge in [0.15, 0.2) is 5.16 Å². The largest absolute Gasteiger partial charge is 0.384 e. The van der Waals surface area contributed by atoms with Crippen LogP contribution in [0.5, 0.6) is 0 Å². The van der Waals surface area contributed by atoms with E-state index in [0.29, 0.717) is 16.1 Å². The Kier molecular flexibility index (Phi) is 4.31. The highest BCUT2D eigenvalue weighted by Crippen LogP contribution is 2.34. The second kappa shape index (κ2) is 6.20. The Labute approximate surface area is 133 Å². The fourth-order valence-electron chi connectivity index (χ4n) is 2.54. The fraction of sp³-hybridized carbons (Fsp3) is 0.400. The maximum Gasteiger partial charge on any atom is 0.191 e. The van der Waals surface area contributed by atoms with Crippen molar-refractivity contribution >= 4 is 29.2 Å². The van der Waals surface area contributed by atoms with E-state index in [1.54, 1.807) is 6.07 Å². The summed E-state index contributed by atoms with van der Waals surface area (Å²) >= 11 is 7.44. The van der Waals surface area contributed by atoms with E-state index in [1.807, 2.05) is 6.20 Å². The van der Waals surface area contributed by atoms with Crippen molar-refractivity contribution in [3.63, 3.8) is 0 Å². The normalized spacial score (nSPS) is 15.5. The molecule has 1 aliphatic rings. The highest BCUT2D eigenvalue weighted by atomic mass is 35.5. The van der Waals surface area contributed by atoms with Crippen LogP contribution in [0, 0.1) is 0 Å². The Bertz CT molecular complexity index is 642. The lowest BCUT2D eigenvalue weighted by molar-refractivity contribution is 0.679. The summed E-state index contributed by atoms with van der Waals surface area (Å²) in [5, 5.41) is 1.12. The maximum atomic E-state index is 5.91. The fourth-order valence-corrected chi connectivity index (χ4v) is 3.66. The molecular formula is C15H17ClN4S. The third-order valence-electron chi connectivity index (χ3n) is 3.64. The Hall–Kier alpha value is -1.33. The van der Waals surface area contributed by atoms with Crippen LogP contribution in [0.25, 0.3) is 0 Å². The van der Waals surface area contributed by atoms with Gasteiger partial charge in [-0.3, -0.25) is 4.98 Å². The summed E-state index contributed by atoms with van der Waals surface area (Å²) in [7, 11) is 0. The summed E-state index contributed by atoms with van der Waals surface area (Å²) < 4.78 is 0. The van der Waals surface area contributed by atoms with E-state index in [-0.39, 0.29) is 5.25 Å². The first kappa shape index (κ1) is 14.6. The van der Waals surface area contributed by atoms with E-state index in [0.717, 1.165) is 18.5 Å². The summed E-state index contributed by atoms with van der Waals surface area (Å²) in [5.74, 6) is 0.392. The van der Waals surface area contributed by atoms with E-state index in [4.69, 9.17) is 17.3 Å². The lowest BCUT2D eigenvalue weighted by Crippen LogP contribution is -2.06. The number of pyridine rings is 1. The van der Waals surface area contributed by atoms with Crippen molar-refractivity contribution in [3.8, 4) is 0 Å². The smallest absolute Gasteiger partial charge is 0.191 e. The highest BCUT2D eigenvalue weighted by Gasteiger charge is 2.16. The second-order valence-corrected chi connectivity index (χ2v) is 6.94. The number of hydrogen-bond donors (Lipinski definition) is 1. The molecule has 1 aliphatic carbocycles. The number of nitrogens with zero attached hydrogens (tertiary/aromatic N) is 3. The lowest BCUT2D eigenvalue weighted by atomic mass is 9.93. The van der Waals surface area contributed by atoms with Gasteiger partial charge in [-0.1, -0.05) is 23.4 Å². The first-order valence-corrected chi connectivity index (χ1v) is 8.32. The summed E-state index contributed by atoms with van der Waals surface area (Å²) in [6, 6.07) is 3.77. The van der Waals surface area contributed by atoms with E-state index in [1.165, 1.54) is 35.7 Å². The minimum absolute atomic E-state index is 0.162. The van der Waals surface area contributed by atoms with Crippen LogP contribution in [0.4, 0.5) is 5.82 Å². The van der Waals surface area contributed by atoms with Crippen molar-refractivity contribution in [1.82, 2.24) is 15.0 Å². The number of hydrogen-bond acceptors (Lipinski definition) is 5. The Morgan fingerprint density at radius 1 is 1.19 bits per heavy atom. The number of aromatic nitrogens is 3. The van der Waals surface area contributed by atoms with Crippen LogP contribution in [0.3, 0.4) is 0 Å². The minimum Gasteiger partial charge on any atom is -0.384 e. The molecule has 2 aromatic rings. The van der Waals surface area contributed by atoms with Gasteiger partial charge in [0.25, 0.3) is 0 Å². The number of thioether (sulfide) groups is 1. The molecule has 3 rings (SSSR count). The molecule has 1 atom stereocenters. The van der Waals surface area contributed by atoms with Crippen LogP contribution < -0.4 is 5.73 Å². The lowest BCUT2D eigenvalue weighted by Gasteiger charge is -2.17. The van der Waals surface area contributed by atoms with Gasteiger partial charge in [0.05, 0.1) is 10.9 Å². The molecule has 0 bridgehead atoms. The quantitative estimate of drug-likeness (QED) is 0.529. The standard InChI is InChI=1S/C15H17ClN4S/c1-9(21-15-19-13(16)7-14(17)20-15)12-6-10-4-2-3-5-11(10)8-18-12/h6-9H,2-5H2,1H3,(H2,17,19,20). The zero-order chi connectivity index (χ0) is 14.8. The molecule has 0 amide bonds. The molecule has 0 radical (unpaired) electrons. The molecular weight excluding hydrogens is 304 g/mol. The minimum atomic E-state index is 0.162. The van der Waals surface area contributed by atoms with Crippen molar-refractivity contribution < 1.29 is 0 Å². The molecule has 6 heteroatoms. The average Bonchev–Trinajstić information content (AvgIpc) is 2.45. The van der Waals surface area contributed by atoms with Crippen molar-refractivity contribution in [2.75, 3.05) is 5.73 Å². The van der Waals surface area contributed by atoms with Crippen LogP contribution >= 0.6 is 23.4 Å². The Morgan fingerprint density at radius 2 is 1.95 bits per heavy atom. The number of anilines is 1. The summed E-state index contributed by atoms with van der Waals surface area (Å²) in [4.78, 5) is 13.0. The third kappa shape index (κ3) is 3.47. The van der Waals surface area contributed by atoms with Crippen LogP contribution in [-0.2, 0) is 12.8 Å². The zero-order valence-electron chi connectivity index (χ0n) is 11.8. The van der Waals surface area contributed by atoms with Crippen LogP contribution in [0.2, 0.25) is 5.15 Å². The van der Waals surface area contributed by atoms with Crippen molar-refractivity contribution in [3.05, 3.63) is 40.3 Å². The molecule has 0 aliphatic heterocycles. The van der Waals surface area contributed by atoms with E-state index in [2.05, 4.69) is 27.9 Å². The van der Waals surface area contributed by atoms with E-state index < -0.39 is 0 Å². The van der Waals surface area contributed by atoms with Crippen molar-refractivity contribution in [2.45, 2.75) is 43.0 Å². The Morgan fingerprint density at radius 3 is 2.71 bits per heavy atom. The average molecular weight is 321 g/mol. The molecule has 21 heavy (non-hydrogen) atoms. The van der Waals surface area contributed by atoms with Crippen LogP contribution in [0.15, 0.2) is 23.5 Å². The number of rotatable bonds is 3. The highest BCUT2D eigenvalue weighted by molar-refractivity contribution is 7.99. The van der Waals surface area contributed by atoms with Crippen molar-refractivity contribution in [2.24, 2.45) is 0 Å². The zero-order valence-corrected chi connectivity index (χ0v) is 13.4. The van der Waals surface area contributed by atoms with Gasteiger partial charge in [0.2, 0.25) is 0 Å². The summed E-state index contributed by atoms with van der Waals surface area (Å²) in [6.07, 6.45) is 6.87. The summed E-state index contributed by atoms with van der Waals surface area (Å²) in [6.45, 7) is 2.10. The second-order valence-electron chi connectivity index (χ2n) is 5.24. The molecule has 0 aromatic carbocycles. The van der Waals surface area contributed by atoms with Gasteiger partial charge < -0.3 is 5.73 Å². The number of nitrogens with two attached hydrogens (primary N) is 1. The number of aryl methyl sites for hydroxylation is 2.